The molecule has 5 heteroatoms. The molecule has 140 valence electrons. The Balaban J connectivity index is 1.89. The SMILES string of the molecule is CC(C)C[C@H]1CN(C(=O)c2cc3ccccc3o2)[C@@H](CC(C)C)C(=O)N1. The predicted molar refractivity (Wildman–Crippen MR) is 102 cm³/mol. The molecule has 0 aliphatic carbocycles. The number of hydrogen-bond donors (Lipinski definition) is 1. The minimum Gasteiger partial charge on any atom is -0.451 e. The Morgan fingerprint density at radius 3 is 2.54 bits per heavy atom. The maximum Gasteiger partial charge on any atom is 0.290 e. The van der Waals surface area contributed by atoms with Gasteiger partial charge in [0.15, 0.2) is 5.76 Å². The molecule has 26 heavy (non-hydrogen) atoms. The van der Waals surface area contributed by atoms with Crippen LogP contribution < -0.4 is 5.32 Å². The number of fused-ring (bicyclic) bond motifs is 1. The van der Waals surface area contributed by atoms with Crippen molar-refractivity contribution in [1.29, 1.82) is 0 Å². The number of carbonyl (C=O) groups excluding carboxylic acids is 2. The van der Waals surface area contributed by atoms with Gasteiger partial charge in [-0.2, -0.15) is 0 Å². The van der Waals surface area contributed by atoms with Gasteiger partial charge in [0.05, 0.1) is 0 Å². The normalized spacial score (nSPS) is 20.8. The van der Waals surface area contributed by atoms with Gasteiger partial charge in [-0.25, -0.2) is 0 Å². The van der Waals surface area contributed by atoms with Gasteiger partial charge in [-0.15, -0.1) is 0 Å². The summed E-state index contributed by atoms with van der Waals surface area (Å²) in [5, 5.41) is 4.00. The molecule has 0 spiro atoms. The quantitative estimate of drug-likeness (QED) is 0.885. The van der Waals surface area contributed by atoms with Crippen molar-refractivity contribution in [3.63, 3.8) is 0 Å². The maximum absolute atomic E-state index is 13.2. The van der Waals surface area contributed by atoms with Gasteiger partial charge in [-0.1, -0.05) is 45.9 Å². The molecule has 0 bridgehead atoms. The van der Waals surface area contributed by atoms with Crippen molar-refractivity contribution in [2.24, 2.45) is 11.8 Å². The lowest BCUT2D eigenvalue weighted by atomic mass is 9.95. The smallest absolute Gasteiger partial charge is 0.290 e. The average molecular weight is 356 g/mol. The fourth-order valence-corrected chi connectivity index (χ4v) is 3.69. The lowest BCUT2D eigenvalue weighted by Gasteiger charge is -2.40. The fraction of sp³-hybridized carbons (Fsp3) is 0.524. The van der Waals surface area contributed by atoms with Crippen LogP contribution in [-0.2, 0) is 4.79 Å². The first kappa shape index (κ1) is 18.5. The van der Waals surface area contributed by atoms with Crippen molar-refractivity contribution in [3.05, 3.63) is 36.1 Å². The third kappa shape index (κ3) is 3.92. The van der Waals surface area contributed by atoms with Gasteiger partial charge in [0, 0.05) is 18.0 Å². The molecule has 1 aromatic carbocycles. The van der Waals surface area contributed by atoms with E-state index in [0.717, 1.165) is 11.8 Å². The zero-order valence-electron chi connectivity index (χ0n) is 16.0. The van der Waals surface area contributed by atoms with Gasteiger partial charge in [-0.3, -0.25) is 9.59 Å². The van der Waals surface area contributed by atoms with Crippen LogP contribution in [0.5, 0.6) is 0 Å². The highest BCUT2D eigenvalue weighted by molar-refractivity contribution is 5.99. The molecule has 2 heterocycles. The molecule has 2 amide bonds. The summed E-state index contributed by atoms with van der Waals surface area (Å²) in [7, 11) is 0. The monoisotopic (exact) mass is 356 g/mol. The molecule has 2 atom stereocenters. The summed E-state index contributed by atoms with van der Waals surface area (Å²) in [5.74, 6) is 0.817. The molecule has 1 aliphatic heterocycles. The van der Waals surface area contributed by atoms with Gasteiger partial charge < -0.3 is 14.6 Å². The second-order valence-corrected chi connectivity index (χ2v) is 8.09. The largest absolute Gasteiger partial charge is 0.451 e. The average Bonchev–Trinajstić information content (AvgIpc) is 2.99. The minimum atomic E-state index is -0.445. The summed E-state index contributed by atoms with van der Waals surface area (Å²) in [6.45, 7) is 8.90. The Labute approximate surface area is 154 Å². The van der Waals surface area contributed by atoms with Crippen LogP contribution in [0.4, 0.5) is 0 Å². The van der Waals surface area contributed by atoms with Crippen molar-refractivity contribution in [2.45, 2.75) is 52.6 Å². The molecular weight excluding hydrogens is 328 g/mol. The van der Waals surface area contributed by atoms with Crippen LogP contribution in [0, 0.1) is 11.8 Å². The molecule has 0 radical (unpaired) electrons. The summed E-state index contributed by atoms with van der Waals surface area (Å²) in [5.41, 5.74) is 0.691. The number of para-hydroxylation sites is 1. The number of furan rings is 1. The lowest BCUT2D eigenvalue weighted by Crippen LogP contribution is -2.62. The highest BCUT2D eigenvalue weighted by Gasteiger charge is 2.38. The molecular formula is C21H28N2O3. The van der Waals surface area contributed by atoms with E-state index in [9.17, 15) is 9.59 Å². The first-order valence-corrected chi connectivity index (χ1v) is 9.45. The summed E-state index contributed by atoms with van der Waals surface area (Å²) >= 11 is 0. The number of benzene rings is 1. The highest BCUT2D eigenvalue weighted by atomic mass is 16.3. The summed E-state index contributed by atoms with van der Waals surface area (Å²) in [6.07, 6.45) is 1.50. The number of carbonyl (C=O) groups is 2. The van der Waals surface area contributed by atoms with Crippen molar-refractivity contribution in [2.75, 3.05) is 6.54 Å². The van der Waals surface area contributed by atoms with Crippen LogP contribution in [0.1, 0.15) is 51.1 Å². The Morgan fingerprint density at radius 2 is 1.88 bits per heavy atom. The van der Waals surface area contributed by atoms with Gasteiger partial charge >= 0.3 is 0 Å². The van der Waals surface area contributed by atoms with E-state index in [1.807, 2.05) is 24.3 Å². The predicted octanol–water partition coefficient (Wildman–Crippen LogP) is 3.83. The number of piperazine rings is 1. The topological polar surface area (TPSA) is 62.6 Å². The fourth-order valence-electron chi connectivity index (χ4n) is 3.69. The maximum atomic E-state index is 13.2. The van der Waals surface area contributed by atoms with Gasteiger partial charge in [0.25, 0.3) is 5.91 Å². The number of nitrogens with one attached hydrogen (secondary N) is 1. The summed E-state index contributed by atoms with van der Waals surface area (Å²) in [6, 6.07) is 8.88. The molecule has 1 aliphatic rings. The molecule has 1 aromatic heterocycles. The van der Waals surface area contributed by atoms with Crippen molar-refractivity contribution in [3.8, 4) is 0 Å². The number of hydrogen-bond acceptors (Lipinski definition) is 3. The van der Waals surface area contributed by atoms with Crippen LogP contribution in [0.3, 0.4) is 0 Å². The zero-order valence-corrected chi connectivity index (χ0v) is 16.0. The Hall–Kier alpha value is -2.30. The van der Waals surface area contributed by atoms with Gasteiger partial charge in [0.1, 0.15) is 11.6 Å². The molecule has 0 unspecified atom stereocenters. The van der Waals surface area contributed by atoms with Crippen molar-refractivity contribution in [1.82, 2.24) is 10.2 Å². The van der Waals surface area contributed by atoms with E-state index in [1.165, 1.54) is 0 Å². The van der Waals surface area contributed by atoms with Crippen LogP contribution in [0.25, 0.3) is 11.0 Å². The van der Waals surface area contributed by atoms with Crippen molar-refractivity contribution >= 4 is 22.8 Å². The van der Waals surface area contributed by atoms with E-state index >= 15 is 0 Å². The number of nitrogens with zero attached hydrogens (tertiary/aromatic N) is 1. The van der Waals surface area contributed by atoms with Crippen LogP contribution in [0.15, 0.2) is 34.7 Å². The third-order valence-electron chi connectivity index (χ3n) is 4.79. The number of amides is 2. The minimum absolute atomic E-state index is 0.0146. The first-order valence-electron chi connectivity index (χ1n) is 9.45. The van der Waals surface area contributed by atoms with E-state index in [-0.39, 0.29) is 17.9 Å². The van der Waals surface area contributed by atoms with E-state index < -0.39 is 6.04 Å². The zero-order chi connectivity index (χ0) is 18.8. The molecule has 1 N–H and O–H groups in total. The van der Waals surface area contributed by atoms with E-state index in [4.69, 9.17) is 4.42 Å². The Bertz CT molecular complexity index is 760. The van der Waals surface area contributed by atoms with Crippen LogP contribution in [0.2, 0.25) is 0 Å². The van der Waals surface area contributed by atoms with E-state index in [2.05, 4.69) is 33.0 Å². The highest BCUT2D eigenvalue weighted by Crippen LogP contribution is 2.25. The first-order chi connectivity index (χ1) is 12.3. The van der Waals surface area contributed by atoms with E-state index in [0.29, 0.717) is 36.1 Å². The molecule has 1 fully saturated rings. The third-order valence-corrected chi connectivity index (χ3v) is 4.79. The second-order valence-electron chi connectivity index (χ2n) is 8.09. The second kappa shape index (κ2) is 7.52. The van der Waals surface area contributed by atoms with E-state index in [1.54, 1.807) is 11.0 Å². The Kier molecular flexibility index (Phi) is 5.35. The Morgan fingerprint density at radius 1 is 1.19 bits per heavy atom. The lowest BCUT2D eigenvalue weighted by molar-refractivity contribution is -0.130. The molecule has 3 rings (SSSR count). The van der Waals surface area contributed by atoms with Gasteiger partial charge in [0.2, 0.25) is 5.91 Å². The molecule has 0 saturated carbocycles. The summed E-state index contributed by atoms with van der Waals surface area (Å²) in [4.78, 5) is 27.6. The van der Waals surface area contributed by atoms with Crippen LogP contribution in [-0.4, -0.2) is 35.3 Å². The van der Waals surface area contributed by atoms with Crippen molar-refractivity contribution < 1.29 is 14.0 Å². The summed E-state index contributed by atoms with van der Waals surface area (Å²) < 4.78 is 5.77. The van der Waals surface area contributed by atoms with Gasteiger partial charge in [-0.05, 0) is 36.8 Å². The standard InChI is InChI=1S/C21H28N2O3/c1-13(2)9-16-12-23(17(10-14(3)4)20(24)22-16)21(25)19-11-15-7-5-6-8-18(15)26-19/h5-8,11,13-14,16-17H,9-10,12H2,1-4H3,(H,22,24)/t16-,17-/m0/s1. The molecule has 2 aromatic rings. The molecule has 5 nitrogen and oxygen atoms in total. The van der Waals surface area contributed by atoms with Crippen LogP contribution >= 0.6 is 0 Å². The molecule has 1 saturated heterocycles. The number of rotatable bonds is 5.